The molecule has 0 atom stereocenters. The topological polar surface area (TPSA) is 100 Å². The first-order valence-electron chi connectivity index (χ1n) is 13.5. The number of hydrogen-bond acceptors (Lipinski definition) is 8. The highest BCUT2D eigenvalue weighted by atomic mass is 16.5. The summed E-state index contributed by atoms with van der Waals surface area (Å²) >= 11 is 0. The summed E-state index contributed by atoms with van der Waals surface area (Å²) in [5, 5.41) is 6.17. The van der Waals surface area contributed by atoms with Gasteiger partial charge in [0.1, 0.15) is 11.6 Å². The fraction of sp³-hybridized carbons (Fsp3) is 0.333. The fourth-order valence-corrected chi connectivity index (χ4v) is 4.53. The third-order valence-electron chi connectivity index (χ3n) is 6.52. The lowest BCUT2D eigenvalue weighted by atomic mass is 10.1. The minimum atomic E-state index is -0.863. The summed E-state index contributed by atoms with van der Waals surface area (Å²) in [5.41, 5.74) is 5.27. The van der Waals surface area contributed by atoms with Gasteiger partial charge in [0.15, 0.2) is 0 Å². The molecule has 10 heteroatoms. The van der Waals surface area contributed by atoms with Gasteiger partial charge < -0.3 is 29.7 Å². The third-order valence-corrected chi connectivity index (χ3v) is 6.52. The number of amides is 1. The zero-order valence-electron chi connectivity index (χ0n) is 25.2. The number of nitrogens with one attached hydrogen (secondary N) is 2. The van der Waals surface area contributed by atoms with Crippen LogP contribution in [-0.4, -0.2) is 71.7 Å². The van der Waals surface area contributed by atoms with E-state index in [0.29, 0.717) is 28.8 Å². The van der Waals surface area contributed by atoms with Gasteiger partial charge in [-0.15, -0.1) is 0 Å². The summed E-state index contributed by atoms with van der Waals surface area (Å²) < 4.78 is 16.2. The van der Waals surface area contributed by atoms with Crippen LogP contribution < -0.4 is 20.3 Å². The van der Waals surface area contributed by atoms with Crippen molar-refractivity contribution in [2.75, 3.05) is 56.9 Å². The molecule has 0 aliphatic carbocycles. The van der Waals surface area contributed by atoms with Gasteiger partial charge in [-0.3, -0.25) is 4.79 Å². The quantitative estimate of drug-likeness (QED) is 0.247. The zero-order chi connectivity index (χ0) is 29.9. The number of benzene rings is 2. The van der Waals surface area contributed by atoms with Gasteiger partial charge in [-0.05, 0) is 65.2 Å². The predicted molar refractivity (Wildman–Crippen MR) is 163 cm³/mol. The number of carbonyl (C=O) groups is 1. The Hall–Kier alpha value is -4.44. The molecule has 0 saturated carbocycles. The van der Waals surface area contributed by atoms with Gasteiger partial charge in [-0.25, -0.2) is 15.0 Å². The number of imidazole rings is 1. The molecule has 2 aromatic carbocycles. The molecular weight excluding hydrogens is 504 g/mol. The van der Waals surface area contributed by atoms with Gasteiger partial charge in [0.25, 0.3) is 0 Å². The van der Waals surface area contributed by atoms with Crippen molar-refractivity contribution in [3.8, 4) is 17.0 Å². The van der Waals surface area contributed by atoms with Crippen LogP contribution in [0.15, 0.2) is 55.3 Å². The van der Waals surface area contributed by atoms with Crippen LogP contribution in [-0.2, 0) is 4.79 Å². The molecule has 2 N–H and O–H groups in total. The van der Waals surface area contributed by atoms with E-state index in [1.165, 1.54) is 6.08 Å². The number of nitrogens with zero attached hydrogens (tertiary/aromatic N) is 6. The van der Waals surface area contributed by atoms with Crippen LogP contribution in [0, 0.1) is 6.92 Å². The Labute approximate surface area is 237 Å². The van der Waals surface area contributed by atoms with Gasteiger partial charge >= 0.3 is 0 Å². The zero-order valence-corrected chi connectivity index (χ0v) is 24.2. The Morgan fingerprint density at radius 1 is 1.15 bits per heavy atom. The van der Waals surface area contributed by atoms with E-state index in [-0.39, 0.29) is 5.91 Å². The predicted octanol–water partition coefficient (Wildman–Crippen LogP) is 5.26. The maximum atomic E-state index is 12.3. The van der Waals surface area contributed by atoms with Crippen LogP contribution >= 0.6 is 0 Å². The van der Waals surface area contributed by atoms with E-state index in [1.807, 2.05) is 82.9 Å². The molecule has 10 nitrogen and oxygen atoms in total. The van der Waals surface area contributed by atoms with E-state index in [9.17, 15) is 4.79 Å². The number of methoxy groups -OCH3 is 1. The number of fused-ring (bicyclic) bond motifs is 1. The average molecular weight is 544 g/mol. The first kappa shape index (κ1) is 27.1. The summed E-state index contributed by atoms with van der Waals surface area (Å²) in [7, 11) is 7.59. The summed E-state index contributed by atoms with van der Waals surface area (Å²) in [6.45, 7) is 10.7. The molecule has 0 aliphatic rings. The Morgan fingerprint density at radius 3 is 2.60 bits per heavy atom. The lowest BCUT2D eigenvalue weighted by Crippen LogP contribution is -2.29. The summed E-state index contributed by atoms with van der Waals surface area (Å²) in [5.74, 6) is 1.40. The first-order chi connectivity index (χ1) is 19.4. The van der Waals surface area contributed by atoms with Crippen molar-refractivity contribution < 1.29 is 10.9 Å². The molecule has 0 saturated heterocycles. The van der Waals surface area contributed by atoms with Gasteiger partial charge in [-0.2, -0.15) is 0 Å². The van der Waals surface area contributed by atoms with Crippen molar-refractivity contribution >= 4 is 40.0 Å². The smallest absolute Gasteiger partial charge is 0.247 e. The van der Waals surface area contributed by atoms with Crippen LogP contribution in [0.3, 0.4) is 0 Å². The highest BCUT2D eigenvalue weighted by Gasteiger charge is 2.17. The minimum absolute atomic E-state index is 0.317. The molecule has 0 unspecified atom stereocenters. The number of carbonyl (C=O) groups excluding carboxylic acids is 1. The number of rotatable bonds is 11. The van der Waals surface area contributed by atoms with Gasteiger partial charge in [-0.1, -0.05) is 12.6 Å². The number of aromatic nitrogens is 4. The van der Waals surface area contributed by atoms with Crippen molar-refractivity contribution in [2.45, 2.75) is 26.8 Å². The highest BCUT2D eigenvalue weighted by molar-refractivity contribution is 6.02. The average Bonchev–Trinajstić information content (AvgIpc) is 3.27. The van der Waals surface area contributed by atoms with E-state index >= 15 is 0 Å². The molecule has 4 aromatic rings. The Kier molecular flexibility index (Phi) is 8.26. The van der Waals surface area contributed by atoms with E-state index in [4.69, 9.17) is 11.1 Å². The number of ether oxygens (including phenoxy) is 1. The summed E-state index contributed by atoms with van der Waals surface area (Å²) in [6.07, 6.45) is 2.92. The second-order valence-electron chi connectivity index (χ2n) is 10.0. The van der Waals surface area contributed by atoms with Crippen LogP contribution in [0.25, 0.3) is 22.3 Å². The van der Waals surface area contributed by atoms with Crippen molar-refractivity contribution in [1.29, 1.82) is 0 Å². The molecule has 1 amide bonds. The molecular formula is C30H38N8O2. The van der Waals surface area contributed by atoms with Gasteiger partial charge in [0.05, 0.1) is 42.3 Å². The van der Waals surface area contributed by atoms with Crippen molar-refractivity contribution in [2.24, 2.45) is 0 Å². The molecule has 40 heavy (non-hydrogen) atoms. The maximum Gasteiger partial charge on any atom is 0.247 e. The number of aryl methyl sites for hydroxylation is 1. The van der Waals surface area contributed by atoms with Crippen molar-refractivity contribution in [3.63, 3.8) is 0 Å². The third kappa shape index (κ3) is 6.23. The lowest BCUT2D eigenvalue weighted by molar-refractivity contribution is -0.111. The Morgan fingerprint density at radius 2 is 1.93 bits per heavy atom. The van der Waals surface area contributed by atoms with Crippen LogP contribution in [0.2, 0.25) is 0 Å². The summed E-state index contributed by atoms with van der Waals surface area (Å²) in [4.78, 5) is 30.2. The molecule has 0 radical (unpaired) electrons. The Balaban J connectivity index is 1.71. The van der Waals surface area contributed by atoms with Gasteiger partial charge in [0.2, 0.25) is 11.9 Å². The molecule has 0 fully saturated rings. The molecule has 2 heterocycles. The Bertz CT molecular complexity index is 1570. The maximum absolute atomic E-state index is 12.3. The summed E-state index contributed by atoms with van der Waals surface area (Å²) in [6, 6.07) is 10.6. The van der Waals surface area contributed by atoms with E-state index in [2.05, 4.69) is 37.0 Å². The molecule has 0 bridgehead atoms. The first-order valence-corrected chi connectivity index (χ1v) is 13.0. The molecule has 0 spiro atoms. The molecule has 4 rings (SSSR count). The monoisotopic (exact) mass is 543 g/mol. The molecule has 210 valence electrons. The van der Waals surface area contributed by atoms with Crippen LogP contribution in [0.4, 0.5) is 23.0 Å². The fourth-order valence-electron chi connectivity index (χ4n) is 4.53. The second-order valence-corrected chi connectivity index (χ2v) is 10.0. The van der Waals surface area contributed by atoms with Gasteiger partial charge in [0, 0.05) is 44.0 Å². The van der Waals surface area contributed by atoms with E-state index in [1.54, 1.807) is 13.3 Å². The van der Waals surface area contributed by atoms with E-state index in [0.717, 1.165) is 41.2 Å². The normalized spacial score (nSPS) is 11.8. The van der Waals surface area contributed by atoms with Crippen LogP contribution in [0.1, 0.15) is 27.1 Å². The lowest BCUT2D eigenvalue weighted by Gasteiger charge is -2.26. The molecule has 2 aromatic heterocycles. The largest absolute Gasteiger partial charge is 0.494 e. The number of anilines is 4. The SMILES string of the molecule is [2H]C(C)(C)n1c(C)nc2ccc(-c3ccnc(Nc4cc(NC(=O)C=C)c(N(C)CCN(C)C)cc4OC)n3)cc21. The van der Waals surface area contributed by atoms with E-state index < -0.39 is 6.02 Å². The molecule has 0 aliphatic heterocycles. The van der Waals surface area contributed by atoms with Crippen LogP contribution in [0.5, 0.6) is 5.75 Å². The standard InChI is InChI=1S/C30H38N8O2/c1-9-29(39)33-24-17-25(28(40-8)18-26(24)37(7)15-14-36(5)6)35-30-31-13-12-22(34-30)21-10-11-23-27(16-21)38(19(2)3)20(4)32-23/h9-13,16-19H,1,14-15H2,2-8H3,(H,33,39)(H,31,34,35)/i19D. The second kappa shape index (κ2) is 12.2. The highest BCUT2D eigenvalue weighted by Crippen LogP contribution is 2.38. The number of likely N-dealkylation sites (N-methyl/N-ethyl adjacent to an activating group) is 2. The van der Waals surface area contributed by atoms with Crippen molar-refractivity contribution in [1.82, 2.24) is 24.4 Å². The number of hydrogen-bond donors (Lipinski definition) is 2. The minimum Gasteiger partial charge on any atom is -0.494 e. The van der Waals surface area contributed by atoms with Crippen molar-refractivity contribution in [3.05, 3.63) is 61.1 Å².